The lowest BCUT2D eigenvalue weighted by molar-refractivity contribution is -0.115. The van der Waals surface area contributed by atoms with Gasteiger partial charge in [0.2, 0.25) is 0 Å². The molecule has 0 aromatic heterocycles. The number of hydrogen-bond donors (Lipinski definition) is 0. The zero-order valence-electron chi connectivity index (χ0n) is 12.1. The Kier molecular flexibility index (Phi) is 4.66. The highest BCUT2D eigenvalue weighted by Gasteiger charge is 2.24. The Morgan fingerprint density at radius 3 is 2.55 bits per heavy atom. The summed E-state index contributed by atoms with van der Waals surface area (Å²) in [6.45, 7) is 2.50. The van der Waals surface area contributed by atoms with E-state index in [1.807, 2.05) is 25.1 Å². The van der Waals surface area contributed by atoms with E-state index in [1.54, 1.807) is 20.3 Å². The second-order valence-corrected chi connectivity index (χ2v) is 4.73. The van der Waals surface area contributed by atoms with Crippen LogP contribution in [0.2, 0.25) is 0 Å². The van der Waals surface area contributed by atoms with E-state index in [1.165, 1.54) is 0 Å². The average molecular weight is 276 g/mol. The topological polar surface area (TPSA) is 44.8 Å². The zero-order chi connectivity index (χ0) is 14.5. The fourth-order valence-electron chi connectivity index (χ4n) is 2.48. The van der Waals surface area contributed by atoms with Gasteiger partial charge in [0.15, 0.2) is 17.3 Å². The summed E-state index contributed by atoms with van der Waals surface area (Å²) in [6.07, 6.45) is 2.86. The molecule has 0 fully saturated rings. The summed E-state index contributed by atoms with van der Waals surface area (Å²) >= 11 is 0. The van der Waals surface area contributed by atoms with E-state index in [2.05, 4.69) is 0 Å². The third-order valence-corrected chi connectivity index (χ3v) is 3.43. The Hall–Kier alpha value is -1.97. The van der Waals surface area contributed by atoms with Crippen LogP contribution >= 0.6 is 0 Å². The number of ether oxygens (including phenoxy) is 3. The molecular weight excluding hydrogens is 256 g/mol. The minimum absolute atomic E-state index is 0.111. The Morgan fingerprint density at radius 1 is 1.15 bits per heavy atom. The highest BCUT2D eigenvalue weighted by molar-refractivity contribution is 5.91. The van der Waals surface area contributed by atoms with E-state index in [4.69, 9.17) is 14.2 Å². The van der Waals surface area contributed by atoms with Gasteiger partial charge in [-0.05, 0) is 30.5 Å². The largest absolute Gasteiger partial charge is 0.498 e. The van der Waals surface area contributed by atoms with Crippen LogP contribution in [0.1, 0.15) is 31.2 Å². The molecular formula is C16H20O4. The smallest absolute Gasteiger partial charge is 0.160 e. The number of carbonyl (C=O) groups excluding carboxylic acids is 1. The van der Waals surface area contributed by atoms with Crippen molar-refractivity contribution in [2.75, 3.05) is 20.8 Å². The van der Waals surface area contributed by atoms with Crippen LogP contribution in [0.25, 0.3) is 0 Å². The van der Waals surface area contributed by atoms with Crippen molar-refractivity contribution >= 4 is 5.78 Å². The number of ketones is 1. The van der Waals surface area contributed by atoms with E-state index in [0.717, 1.165) is 17.7 Å². The van der Waals surface area contributed by atoms with Gasteiger partial charge >= 0.3 is 0 Å². The Morgan fingerprint density at radius 2 is 1.90 bits per heavy atom. The average Bonchev–Trinajstić information content (AvgIpc) is 2.46. The molecule has 0 saturated carbocycles. The van der Waals surface area contributed by atoms with Crippen molar-refractivity contribution in [3.8, 4) is 11.5 Å². The lowest BCUT2D eigenvalue weighted by Gasteiger charge is -2.23. The van der Waals surface area contributed by atoms with Gasteiger partial charge in [0.05, 0.1) is 20.8 Å². The molecule has 20 heavy (non-hydrogen) atoms. The first kappa shape index (κ1) is 14.4. The maximum Gasteiger partial charge on any atom is 0.160 e. The number of hydrogen-bond acceptors (Lipinski definition) is 4. The number of methoxy groups -OCH3 is 2. The monoisotopic (exact) mass is 276 g/mol. The second-order valence-electron chi connectivity index (χ2n) is 4.73. The highest BCUT2D eigenvalue weighted by atomic mass is 16.5. The molecule has 2 rings (SSSR count). The molecule has 4 heteroatoms. The summed E-state index contributed by atoms with van der Waals surface area (Å²) in [5.74, 6) is 2.39. The fraction of sp³-hybridized carbons (Fsp3) is 0.438. The molecule has 1 aromatic rings. The number of carbonyl (C=O) groups is 1. The molecule has 0 aliphatic heterocycles. The van der Waals surface area contributed by atoms with E-state index in [9.17, 15) is 4.79 Å². The lowest BCUT2D eigenvalue weighted by Crippen LogP contribution is -2.14. The van der Waals surface area contributed by atoms with Crippen molar-refractivity contribution in [2.45, 2.75) is 25.7 Å². The van der Waals surface area contributed by atoms with Crippen molar-refractivity contribution in [1.29, 1.82) is 0 Å². The molecule has 1 aromatic carbocycles. The van der Waals surface area contributed by atoms with Gasteiger partial charge in [-0.2, -0.15) is 0 Å². The first-order valence-corrected chi connectivity index (χ1v) is 6.76. The van der Waals surface area contributed by atoms with Gasteiger partial charge in [0, 0.05) is 18.9 Å². The summed E-state index contributed by atoms with van der Waals surface area (Å²) in [5, 5.41) is 0. The van der Waals surface area contributed by atoms with Crippen LogP contribution in [0, 0.1) is 0 Å². The predicted molar refractivity (Wildman–Crippen MR) is 76.2 cm³/mol. The maximum absolute atomic E-state index is 11.8. The zero-order valence-corrected chi connectivity index (χ0v) is 12.1. The first-order chi connectivity index (χ1) is 9.67. The maximum atomic E-state index is 11.8. The van der Waals surface area contributed by atoms with Gasteiger partial charge in [-0.25, -0.2) is 0 Å². The molecule has 0 N–H and O–H groups in total. The number of benzene rings is 1. The van der Waals surface area contributed by atoms with Crippen LogP contribution in [0.5, 0.6) is 11.5 Å². The third kappa shape index (κ3) is 3.13. The minimum atomic E-state index is 0.111. The standard InChI is InChI=1S/C16H20O4/c1-4-20-14-8-12(7-13(17)10-14)11-5-6-15(18-2)16(9-11)19-3/h5-6,9-10,12H,4,7-8H2,1-3H3. The molecule has 1 unspecified atom stereocenters. The van der Waals surface area contributed by atoms with Crippen LogP contribution < -0.4 is 9.47 Å². The molecule has 1 aliphatic rings. The van der Waals surface area contributed by atoms with Crippen molar-refractivity contribution in [1.82, 2.24) is 0 Å². The van der Waals surface area contributed by atoms with Gasteiger partial charge in [0.25, 0.3) is 0 Å². The van der Waals surface area contributed by atoms with Crippen LogP contribution in [-0.2, 0) is 9.53 Å². The molecule has 0 spiro atoms. The van der Waals surface area contributed by atoms with Crippen LogP contribution in [-0.4, -0.2) is 26.6 Å². The molecule has 0 bridgehead atoms. The van der Waals surface area contributed by atoms with Crippen molar-refractivity contribution < 1.29 is 19.0 Å². The van der Waals surface area contributed by atoms with Crippen LogP contribution in [0.15, 0.2) is 30.0 Å². The Balaban J connectivity index is 2.23. The summed E-state index contributed by atoms with van der Waals surface area (Å²) in [7, 11) is 3.22. The minimum Gasteiger partial charge on any atom is -0.498 e. The van der Waals surface area contributed by atoms with Gasteiger partial charge in [-0.1, -0.05) is 6.07 Å². The molecule has 0 heterocycles. The predicted octanol–water partition coefficient (Wildman–Crippen LogP) is 3.07. The van der Waals surface area contributed by atoms with E-state index in [-0.39, 0.29) is 11.7 Å². The molecule has 1 aliphatic carbocycles. The number of rotatable bonds is 5. The van der Waals surface area contributed by atoms with E-state index >= 15 is 0 Å². The van der Waals surface area contributed by atoms with Crippen molar-refractivity contribution in [3.05, 3.63) is 35.6 Å². The van der Waals surface area contributed by atoms with Gasteiger partial charge in [-0.3, -0.25) is 4.79 Å². The quantitative estimate of drug-likeness (QED) is 0.829. The molecule has 108 valence electrons. The Bertz CT molecular complexity index is 519. The van der Waals surface area contributed by atoms with E-state index < -0.39 is 0 Å². The summed E-state index contributed by atoms with van der Waals surface area (Å²) in [5.41, 5.74) is 1.07. The summed E-state index contributed by atoms with van der Waals surface area (Å²) in [4.78, 5) is 11.8. The SMILES string of the molecule is CCOC1=CC(=O)CC(c2ccc(OC)c(OC)c2)C1. The van der Waals surface area contributed by atoms with Crippen LogP contribution in [0.4, 0.5) is 0 Å². The Labute approximate surface area is 119 Å². The lowest BCUT2D eigenvalue weighted by atomic mass is 9.86. The molecule has 4 nitrogen and oxygen atoms in total. The van der Waals surface area contributed by atoms with Crippen molar-refractivity contribution in [2.24, 2.45) is 0 Å². The molecule has 0 amide bonds. The third-order valence-electron chi connectivity index (χ3n) is 3.43. The molecule has 0 radical (unpaired) electrons. The van der Waals surface area contributed by atoms with E-state index in [0.29, 0.717) is 24.5 Å². The normalized spacial score (nSPS) is 18.4. The summed E-state index contributed by atoms with van der Waals surface area (Å²) < 4.78 is 16.0. The van der Waals surface area contributed by atoms with Crippen LogP contribution in [0.3, 0.4) is 0 Å². The van der Waals surface area contributed by atoms with Gasteiger partial charge in [0.1, 0.15) is 5.76 Å². The molecule has 1 atom stereocenters. The first-order valence-electron chi connectivity index (χ1n) is 6.76. The van der Waals surface area contributed by atoms with Gasteiger partial charge < -0.3 is 14.2 Å². The van der Waals surface area contributed by atoms with Gasteiger partial charge in [-0.15, -0.1) is 0 Å². The summed E-state index contributed by atoms with van der Waals surface area (Å²) in [6, 6.07) is 5.79. The van der Waals surface area contributed by atoms with Crippen molar-refractivity contribution in [3.63, 3.8) is 0 Å². The highest BCUT2D eigenvalue weighted by Crippen LogP contribution is 2.36. The second kappa shape index (κ2) is 6.46. The number of allylic oxidation sites excluding steroid dienone is 2. The fourth-order valence-corrected chi connectivity index (χ4v) is 2.48. The molecule has 0 saturated heterocycles.